The summed E-state index contributed by atoms with van der Waals surface area (Å²) in [6.45, 7) is 0.942. The van der Waals surface area contributed by atoms with Crippen molar-refractivity contribution >= 4 is 29.0 Å². The van der Waals surface area contributed by atoms with Gasteiger partial charge in [-0.05, 0) is 79.5 Å². The third-order valence-electron chi connectivity index (χ3n) is 8.24. The lowest BCUT2D eigenvalue weighted by Gasteiger charge is -2.63. The molecule has 0 saturated carbocycles. The molecule has 3 aromatic rings. The van der Waals surface area contributed by atoms with Crippen LogP contribution < -0.4 is 4.90 Å². The number of anilines is 1. The van der Waals surface area contributed by atoms with Gasteiger partial charge in [0.25, 0.3) is 0 Å². The number of benzene rings is 2. The highest BCUT2D eigenvalue weighted by Crippen LogP contribution is 2.57. The van der Waals surface area contributed by atoms with Crippen molar-refractivity contribution in [3.8, 4) is 5.75 Å². The molecule has 2 heterocycles. The number of rotatable bonds is 1. The fourth-order valence-corrected chi connectivity index (χ4v) is 6.54. The molecule has 2 aromatic carbocycles. The number of fused-ring (bicyclic) bond motifs is 3. The molecule has 6 rings (SSSR count). The zero-order valence-electron chi connectivity index (χ0n) is 18.8. The summed E-state index contributed by atoms with van der Waals surface area (Å²) < 4.78 is 0. The molecule has 6 heteroatoms. The maximum absolute atomic E-state index is 12.4. The summed E-state index contributed by atoms with van der Waals surface area (Å²) in [7, 11) is 6.23. The fourth-order valence-electron chi connectivity index (χ4n) is 6.54. The first-order valence-corrected chi connectivity index (χ1v) is 11.2. The molecule has 1 fully saturated rings. The molecule has 2 N–H and O–H groups in total. The Kier molecular flexibility index (Phi) is 4.76. The minimum atomic E-state index is -0.873. The highest BCUT2D eigenvalue weighted by molar-refractivity contribution is 5.85. The second-order valence-corrected chi connectivity index (χ2v) is 10.0. The third kappa shape index (κ3) is 2.74. The number of hydrogen-bond donors (Lipinski definition) is 2. The van der Waals surface area contributed by atoms with Crippen LogP contribution in [0.15, 0.2) is 42.5 Å². The molecule has 0 spiro atoms. The highest BCUT2D eigenvalue weighted by atomic mass is 35.5. The summed E-state index contributed by atoms with van der Waals surface area (Å²) in [5.41, 5.74) is 5.49. The van der Waals surface area contributed by atoms with Crippen LogP contribution in [-0.4, -0.2) is 59.4 Å². The number of pyridine rings is 1. The molecule has 2 aliphatic carbocycles. The normalized spacial score (nSPS) is 28.3. The predicted molar refractivity (Wildman–Crippen MR) is 130 cm³/mol. The van der Waals surface area contributed by atoms with E-state index in [1.807, 2.05) is 26.2 Å². The molecule has 0 unspecified atom stereocenters. The number of aromatic nitrogens is 1. The van der Waals surface area contributed by atoms with E-state index in [0.29, 0.717) is 12.8 Å². The van der Waals surface area contributed by atoms with Crippen LogP contribution >= 0.6 is 12.4 Å². The molecule has 0 amide bonds. The number of nitrogens with zero attached hydrogens (tertiary/aromatic N) is 3. The van der Waals surface area contributed by atoms with E-state index in [9.17, 15) is 10.2 Å². The van der Waals surface area contributed by atoms with Crippen LogP contribution in [0.1, 0.15) is 28.8 Å². The summed E-state index contributed by atoms with van der Waals surface area (Å²) in [5.74, 6) is 0.279. The van der Waals surface area contributed by atoms with Gasteiger partial charge < -0.3 is 20.0 Å². The van der Waals surface area contributed by atoms with Crippen LogP contribution in [-0.2, 0) is 24.7 Å². The van der Waals surface area contributed by atoms with Crippen molar-refractivity contribution < 1.29 is 10.2 Å². The van der Waals surface area contributed by atoms with Gasteiger partial charge in [0.15, 0.2) is 0 Å². The van der Waals surface area contributed by atoms with Crippen LogP contribution in [0.25, 0.3) is 10.9 Å². The number of likely N-dealkylation sites (tertiary alicyclic amines) is 1. The Morgan fingerprint density at radius 3 is 2.66 bits per heavy atom. The Hall–Kier alpha value is -2.34. The van der Waals surface area contributed by atoms with E-state index in [2.05, 4.69) is 41.1 Å². The second kappa shape index (κ2) is 7.08. The number of aliphatic hydroxyl groups is 1. The lowest BCUT2D eigenvalue weighted by atomic mass is 9.49. The monoisotopic (exact) mass is 451 g/mol. The smallest absolute Gasteiger partial charge is 0.115 e. The summed E-state index contributed by atoms with van der Waals surface area (Å²) in [5, 5.41) is 23.8. The number of phenols is 1. The van der Waals surface area contributed by atoms with Crippen LogP contribution in [0.5, 0.6) is 5.75 Å². The van der Waals surface area contributed by atoms with Crippen LogP contribution in [0, 0.1) is 0 Å². The molecule has 1 saturated heterocycles. The second-order valence-electron chi connectivity index (χ2n) is 10.0. The molecular weight excluding hydrogens is 422 g/mol. The van der Waals surface area contributed by atoms with Gasteiger partial charge in [0.1, 0.15) is 5.75 Å². The number of piperidine rings is 1. The molecule has 3 aliphatic rings. The Labute approximate surface area is 195 Å². The first-order valence-electron chi connectivity index (χ1n) is 11.2. The molecule has 168 valence electrons. The van der Waals surface area contributed by atoms with Gasteiger partial charge in [-0.15, -0.1) is 12.4 Å². The Balaban J connectivity index is 0.00000216. The van der Waals surface area contributed by atoms with E-state index in [4.69, 9.17) is 4.98 Å². The van der Waals surface area contributed by atoms with Gasteiger partial charge in [0, 0.05) is 55.2 Å². The van der Waals surface area contributed by atoms with E-state index in [-0.39, 0.29) is 24.2 Å². The van der Waals surface area contributed by atoms with Crippen molar-refractivity contribution in [1.29, 1.82) is 0 Å². The predicted octanol–water partition coefficient (Wildman–Crippen LogP) is 3.46. The Morgan fingerprint density at radius 1 is 1.06 bits per heavy atom. The first-order chi connectivity index (χ1) is 14.8. The zero-order chi connectivity index (χ0) is 21.5. The van der Waals surface area contributed by atoms with Gasteiger partial charge >= 0.3 is 0 Å². The van der Waals surface area contributed by atoms with E-state index in [1.165, 1.54) is 5.56 Å². The highest BCUT2D eigenvalue weighted by Gasteiger charge is 2.64. The van der Waals surface area contributed by atoms with E-state index in [0.717, 1.165) is 52.8 Å². The molecule has 5 nitrogen and oxygen atoms in total. The minimum Gasteiger partial charge on any atom is -0.508 e. The summed E-state index contributed by atoms with van der Waals surface area (Å²) in [6, 6.07) is 14.4. The van der Waals surface area contributed by atoms with Crippen molar-refractivity contribution in [1.82, 2.24) is 9.88 Å². The average molecular weight is 452 g/mol. The maximum atomic E-state index is 12.4. The molecular formula is C26H30ClN3O2. The fraction of sp³-hybridized carbons (Fsp3) is 0.423. The van der Waals surface area contributed by atoms with E-state index >= 15 is 0 Å². The molecule has 1 aliphatic heterocycles. The summed E-state index contributed by atoms with van der Waals surface area (Å²) >= 11 is 0. The quantitative estimate of drug-likeness (QED) is 0.593. The summed E-state index contributed by atoms with van der Waals surface area (Å²) in [6.07, 6.45) is 2.99. The van der Waals surface area contributed by atoms with Crippen molar-refractivity contribution in [2.75, 3.05) is 32.6 Å². The number of halogens is 1. The number of hydrogen-bond acceptors (Lipinski definition) is 5. The zero-order valence-corrected chi connectivity index (χ0v) is 19.6. The van der Waals surface area contributed by atoms with Gasteiger partial charge in [-0.25, -0.2) is 0 Å². The van der Waals surface area contributed by atoms with Gasteiger partial charge in [-0.2, -0.15) is 0 Å². The topological polar surface area (TPSA) is 59.8 Å². The largest absolute Gasteiger partial charge is 0.508 e. The van der Waals surface area contributed by atoms with Gasteiger partial charge in [0.2, 0.25) is 0 Å². The van der Waals surface area contributed by atoms with Gasteiger partial charge in [0.05, 0.1) is 11.1 Å². The molecule has 0 radical (unpaired) electrons. The van der Waals surface area contributed by atoms with Crippen molar-refractivity contribution in [3.05, 3.63) is 64.8 Å². The van der Waals surface area contributed by atoms with Gasteiger partial charge in [-0.1, -0.05) is 6.07 Å². The number of phenolic OH excluding ortho intramolecular Hbond substituents is 1. The Bertz CT molecular complexity index is 1230. The van der Waals surface area contributed by atoms with Crippen LogP contribution in [0.4, 0.5) is 5.69 Å². The standard InChI is InChI=1S/C26H29N3O2.ClH/c1-28(2)19-5-7-22-17(11-19)10-18-14-26(31)24-12-16-4-6-20(30)13-21(16)25(26,8-9-29(24)3)15-23(18)27-22;/h4-7,10-11,13,24,30-31H,8-9,12,14-15H2,1-3H3;1H/t24-,25-,26-;/m1./s1. The van der Waals surface area contributed by atoms with Gasteiger partial charge in [-0.3, -0.25) is 4.98 Å². The van der Waals surface area contributed by atoms with Crippen molar-refractivity contribution in [3.63, 3.8) is 0 Å². The number of likely N-dealkylation sites (N-methyl/N-ethyl adjacent to an activating group) is 1. The number of aromatic hydroxyl groups is 1. The SMILES string of the molecule is CN(C)c1ccc2nc3c(cc2c1)C[C@@]1(O)[C@H]2Cc4ccc(O)cc4[C@@]1(CCN2C)C3.Cl. The Morgan fingerprint density at radius 2 is 1.88 bits per heavy atom. The van der Waals surface area contributed by atoms with Crippen molar-refractivity contribution in [2.24, 2.45) is 0 Å². The molecule has 32 heavy (non-hydrogen) atoms. The lowest BCUT2D eigenvalue weighted by molar-refractivity contribution is -0.145. The lowest BCUT2D eigenvalue weighted by Crippen LogP contribution is -2.73. The first kappa shape index (κ1) is 21.5. The molecule has 3 atom stereocenters. The van der Waals surface area contributed by atoms with E-state index in [1.54, 1.807) is 6.07 Å². The molecule has 2 bridgehead atoms. The summed E-state index contributed by atoms with van der Waals surface area (Å²) in [4.78, 5) is 9.52. The minimum absolute atomic E-state index is 0. The van der Waals surface area contributed by atoms with Crippen LogP contribution in [0.2, 0.25) is 0 Å². The van der Waals surface area contributed by atoms with Crippen LogP contribution in [0.3, 0.4) is 0 Å². The average Bonchev–Trinajstić information content (AvgIpc) is 2.73. The maximum Gasteiger partial charge on any atom is 0.115 e. The third-order valence-corrected chi connectivity index (χ3v) is 8.24. The van der Waals surface area contributed by atoms with E-state index < -0.39 is 11.0 Å². The van der Waals surface area contributed by atoms with Crippen molar-refractivity contribution in [2.45, 2.75) is 42.7 Å². The molecule has 1 aromatic heterocycles.